The van der Waals surface area contributed by atoms with Crippen LogP contribution in [0.4, 0.5) is 5.00 Å². The van der Waals surface area contributed by atoms with E-state index in [-0.39, 0.29) is 17.6 Å². The molecule has 0 fully saturated rings. The number of rotatable bonds is 5. The number of fused-ring (bicyclic) bond motifs is 1. The van der Waals surface area contributed by atoms with Crippen LogP contribution >= 0.6 is 34.4 Å². The molecule has 0 bridgehead atoms. The number of aryl methyl sites for hydroxylation is 1. The Morgan fingerprint density at radius 1 is 1.48 bits per heavy atom. The largest absolute Gasteiger partial charge is 0.465 e. The molecule has 1 N–H and O–H groups in total. The number of amides is 1. The van der Waals surface area contributed by atoms with Gasteiger partial charge in [0, 0.05) is 16.0 Å². The highest BCUT2D eigenvalue weighted by molar-refractivity contribution is 8.01. The van der Waals surface area contributed by atoms with Gasteiger partial charge in [-0.3, -0.25) is 4.79 Å². The summed E-state index contributed by atoms with van der Waals surface area (Å²) in [5, 5.41) is 5.49. The van der Waals surface area contributed by atoms with Crippen molar-refractivity contribution in [2.24, 2.45) is 5.92 Å². The van der Waals surface area contributed by atoms with Crippen molar-refractivity contribution in [3.63, 3.8) is 0 Å². The molecule has 2 heterocycles. The number of carbonyl (C=O) groups excluding carboxylic acids is 2. The van der Waals surface area contributed by atoms with Crippen LogP contribution in [-0.2, 0) is 22.4 Å². The molecule has 1 aliphatic rings. The van der Waals surface area contributed by atoms with Gasteiger partial charge in [-0.1, -0.05) is 18.7 Å². The maximum atomic E-state index is 12.3. The van der Waals surface area contributed by atoms with Gasteiger partial charge >= 0.3 is 5.97 Å². The number of anilines is 1. The number of ether oxygens (including phenoxy) is 1. The fraction of sp³-hybridized carbons (Fsp3) is 0.471. The molecule has 0 spiro atoms. The maximum Gasteiger partial charge on any atom is 0.341 e. The van der Waals surface area contributed by atoms with E-state index in [2.05, 4.69) is 17.2 Å². The Hall–Kier alpha value is -1.38. The van der Waals surface area contributed by atoms with E-state index < -0.39 is 0 Å². The van der Waals surface area contributed by atoms with Gasteiger partial charge in [0.05, 0.1) is 18.4 Å². The minimum Gasteiger partial charge on any atom is -0.465 e. The summed E-state index contributed by atoms with van der Waals surface area (Å²) in [4.78, 5) is 30.1. The average Bonchev–Trinajstić information content (AvgIpc) is 3.14. The molecule has 0 radical (unpaired) electrons. The van der Waals surface area contributed by atoms with E-state index in [0.717, 1.165) is 34.9 Å². The number of hydrogen-bond acceptors (Lipinski definition) is 7. The molecule has 5 nitrogen and oxygen atoms in total. The van der Waals surface area contributed by atoms with Gasteiger partial charge in [0.15, 0.2) is 4.34 Å². The summed E-state index contributed by atoms with van der Waals surface area (Å²) in [6.07, 6.45) is 2.87. The van der Waals surface area contributed by atoms with E-state index in [1.165, 1.54) is 46.4 Å². The first-order chi connectivity index (χ1) is 12.0. The second-order valence-corrected chi connectivity index (χ2v) is 9.32. The number of nitrogens with zero attached hydrogens (tertiary/aromatic N) is 1. The number of nitrogens with one attached hydrogen (secondary N) is 1. The molecule has 1 unspecified atom stereocenters. The lowest BCUT2D eigenvalue weighted by Crippen LogP contribution is -2.17. The second-order valence-electron chi connectivity index (χ2n) is 6.14. The number of aromatic nitrogens is 1. The Kier molecular flexibility index (Phi) is 5.81. The molecule has 0 saturated heterocycles. The first kappa shape index (κ1) is 18.4. The van der Waals surface area contributed by atoms with Crippen LogP contribution in [0.2, 0.25) is 0 Å². The highest BCUT2D eigenvalue weighted by atomic mass is 32.2. The molecule has 2 aromatic heterocycles. The summed E-state index contributed by atoms with van der Waals surface area (Å²) in [6, 6.07) is 0. The summed E-state index contributed by atoms with van der Waals surface area (Å²) in [5.41, 5.74) is 2.55. The number of carbonyl (C=O) groups is 2. The predicted octanol–water partition coefficient (Wildman–Crippen LogP) is 4.16. The van der Waals surface area contributed by atoms with Gasteiger partial charge in [0.1, 0.15) is 5.00 Å². The lowest BCUT2D eigenvalue weighted by atomic mass is 9.88. The molecule has 0 saturated carbocycles. The third kappa shape index (κ3) is 4.24. The van der Waals surface area contributed by atoms with Gasteiger partial charge in [-0.25, -0.2) is 9.78 Å². The van der Waals surface area contributed by atoms with E-state index >= 15 is 0 Å². The SMILES string of the molecule is COC(=O)c1c(NC(=O)CSc2nc(C)cs2)sc2c1CCC(C)C2. The topological polar surface area (TPSA) is 68.3 Å². The Morgan fingerprint density at radius 2 is 2.28 bits per heavy atom. The number of hydrogen-bond donors (Lipinski definition) is 1. The van der Waals surface area contributed by atoms with Crippen LogP contribution < -0.4 is 5.32 Å². The standard InChI is InChI=1S/C17H20N2O3S3/c1-9-4-5-11-12(6-9)25-15(14(11)16(21)22-3)19-13(20)8-24-17-18-10(2)7-23-17/h7,9H,4-6,8H2,1-3H3,(H,19,20). The smallest absolute Gasteiger partial charge is 0.341 e. The Labute approximate surface area is 159 Å². The molecule has 1 aliphatic carbocycles. The Bertz CT molecular complexity index is 797. The van der Waals surface area contributed by atoms with Crippen LogP contribution in [0.15, 0.2) is 9.72 Å². The Morgan fingerprint density at radius 3 is 2.96 bits per heavy atom. The lowest BCUT2D eigenvalue weighted by Gasteiger charge is -2.18. The van der Waals surface area contributed by atoms with E-state index in [0.29, 0.717) is 16.5 Å². The van der Waals surface area contributed by atoms with Crippen molar-refractivity contribution in [3.05, 3.63) is 27.1 Å². The number of thioether (sulfide) groups is 1. The van der Waals surface area contributed by atoms with Gasteiger partial charge < -0.3 is 10.1 Å². The third-order valence-corrected chi connectivity index (χ3v) is 7.39. The zero-order chi connectivity index (χ0) is 18.0. The van der Waals surface area contributed by atoms with Crippen molar-refractivity contribution in [1.29, 1.82) is 0 Å². The molecule has 25 heavy (non-hydrogen) atoms. The minimum absolute atomic E-state index is 0.130. The lowest BCUT2D eigenvalue weighted by molar-refractivity contribution is -0.113. The molecule has 0 aromatic carbocycles. The quantitative estimate of drug-likeness (QED) is 0.607. The van der Waals surface area contributed by atoms with Crippen LogP contribution in [-0.4, -0.2) is 29.7 Å². The van der Waals surface area contributed by atoms with Gasteiger partial charge in [0.25, 0.3) is 0 Å². The van der Waals surface area contributed by atoms with Crippen molar-refractivity contribution in [1.82, 2.24) is 4.98 Å². The number of thiophene rings is 1. The number of esters is 1. The predicted molar refractivity (Wildman–Crippen MR) is 103 cm³/mol. The molecular weight excluding hydrogens is 376 g/mol. The van der Waals surface area contributed by atoms with E-state index in [1.54, 1.807) is 0 Å². The van der Waals surface area contributed by atoms with E-state index in [9.17, 15) is 9.59 Å². The Balaban J connectivity index is 1.74. The number of methoxy groups -OCH3 is 1. The fourth-order valence-corrected chi connectivity index (χ4v) is 5.91. The average molecular weight is 397 g/mol. The monoisotopic (exact) mass is 396 g/mol. The zero-order valence-corrected chi connectivity index (χ0v) is 16.8. The highest BCUT2D eigenvalue weighted by Gasteiger charge is 2.28. The van der Waals surface area contributed by atoms with Crippen LogP contribution in [0.25, 0.3) is 0 Å². The summed E-state index contributed by atoms with van der Waals surface area (Å²) in [5.74, 6) is 0.371. The van der Waals surface area contributed by atoms with Gasteiger partial charge in [-0.2, -0.15) is 0 Å². The first-order valence-corrected chi connectivity index (χ1v) is 10.7. The van der Waals surface area contributed by atoms with Crippen molar-refractivity contribution in [3.8, 4) is 0 Å². The minimum atomic E-state index is -0.370. The molecule has 3 rings (SSSR count). The fourth-order valence-electron chi connectivity index (χ4n) is 2.85. The van der Waals surface area contributed by atoms with Crippen molar-refractivity contribution in [2.75, 3.05) is 18.2 Å². The zero-order valence-electron chi connectivity index (χ0n) is 14.4. The first-order valence-electron chi connectivity index (χ1n) is 8.05. The number of thiazole rings is 1. The summed E-state index contributed by atoms with van der Waals surface area (Å²) in [7, 11) is 1.38. The molecule has 0 aliphatic heterocycles. The van der Waals surface area contributed by atoms with Crippen LogP contribution in [0.5, 0.6) is 0 Å². The van der Waals surface area contributed by atoms with Gasteiger partial charge in [-0.05, 0) is 37.7 Å². The second kappa shape index (κ2) is 7.88. The van der Waals surface area contributed by atoms with Crippen molar-refractivity contribution in [2.45, 2.75) is 37.4 Å². The highest BCUT2D eigenvalue weighted by Crippen LogP contribution is 2.40. The maximum absolute atomic E-state index is 12.3. The summed E-state index contributed by atoms with van der Waals surface area (Å²) in [6.45, 7) is 4.14. The normalized spacial score (nSPS) is 16.4. The van der Waals surface area contributed by atoms with Crippen molar-refractivity contribution < 1.29 is 14.3 Å². The summed E-state index contributed by atoms with van der Waals surface area (Å²) >= 11 is 4.45. The third-order valence-electron chi connectivity index (χ3n) is 4.08. The van der Waals surface area contributed by atoms with E-state index in [4.69, 9.17) is 4.74 Å². The molecule has 2 aromatic rings. The molecule has 8 heteroatoms. The van der Waals surface area contributed by atoms with Crippen molar-refractivity contribution >= 4 is 51.3 Å². The van der Waals surface area contributed by atoms with Crippen LogP contribution in [0, 0.1) is 12.8 Å². The van der Waals surface area contributed by atoms with Crippen LogP contribution in [0.1, 0.15) is 39.8 Å². The van der Waals surface area contributed by atoms with Crippen LogP contribution in [0.3, 0.4) is 0 Å². The molecule has 1 atom stereocenters. The van der Waals surface area contributed by atoms with Gasteiger partial charge in [-0.15, -0.1) is 22.7 Å². The van der Waals surface area contributed by atoms with E-state index in [1.807, 2.05) is 12.3 Å². The molecule has 1 amide bonds. The summed E-state index contributed by atoms with van der Waals surface area (Å²) < 4.78 is 5.82. The molecular formula is C17H20N2O3S3. The molecule has 134 valence electrons. The van der Waals surface area contributed by atoms with Gasteiger partial charge in [0.2, 0.25) is 5.91 Å².